The zero-order valence-corrected chi connectivity index (χ0v) is 10.4. The van der Waals surface area contributed by atoms with Crippen LogP contribution in [-0.2, 0) is 4.74 Å². The lowest BCUT2D eigenvalue weighted by molar-refractivity contribution is 0.0322. The van der Waals surface area contributed by atoms with Gasteiger partial charge in [-0.3, -0.25) is 4.90 Å². The Balaban J connectivity index is 1.82. The molecule has 0 N–H and O–H groups in total. The van der Waals surface area contributed by atoms with Crippen LogP contribution in [0.25, 0.3) is 0 Å². The Kier molecular flexibility index (Phi) is 4.49. The topological polar surface area (TPSA) is 21.7 Å². The summed E-state index contributed by atoms with van der Waals surface area (Å²) >= 11 is 0. The minimum Gasteiger partial charge on any atom is -0.492 e. The van der Waals surface area contributed by atoms with Crippen LogP contribution in [0.4, 0.5) is 8.78 Å². The Labute approximate surface area is 105 Å². The molecular weight excluding hydrogens is 240 g/mol. The summed E-state index contributed by atoms with van der Waals surface area (Å²) in [6.07, 6.45) is 0. The van der Waals surface area contributed by atoms with E-state index in [1.165, 1.54) is 19.1 Å². The number of hydrogen-bond donors (Lipinski definition) is 0. The average Bonchev–Trinajstić information content (AvgIpc) is 2.37. The molecule has 0 aromatic heterocycles. The van der Waals surface area contributed by atoms with Gasteiger partial charge in [0.1, 0.15) is 24.0 Å². The van der Waals surface area contributed by atoms with Crippen molar-refractivity contribution in [3.05, 3.63) is 29.3 Å². The minimum absolute atomic E-state index is 0.0236. The van der Waals surface area contributed by atoms with Crippen molar-refractivity contribution < 1.29 is 18.3 Å². The second-order valence-electron chi connectivity index (χ2n) is 4.31. The van der Waals surface area contributed by atoms with Gasteiger partial charge in [-0.05, 0) is 6.92 Å². The number of nitrogens with zero attached hydrogens (tertiary/aromatic N) is 1. The fourth-order valence-electron chi connectivity index (χ4n) is 1.82. The molecule has 0 amide bonds. The van der Waals surface area contributed by atoms with Crippen LogP contribution >= 0.6 is 0 Å². The molecule has 3 nitrogen and oxygen atoms in total. The number of halogens is 2. The van der Waals surface area contributed by atoms with Crippen LogP contribution < -0.4 is 4.74 Å². The van der Waals surface area contributed by atoms with Gasteiger partial charge in [0.25, 0.3) is 0 Å². The van der Waals surface area contributed by atoms with Gasteiger partial charge in [-0.1, -0.05) is 0 Å². The van der Waals surface area contributed by atoms with Crippen molar-refractivity contribution in [2.75, 3.05) is 39.5 Å². The number of ether oxygens (including phenoxy) is 2. The van der Waals surface area contributed by atoms with Gasteiger partial charge < -0.3 is 9.47 Å². The van der Waals surface area contributed by atoms with E-state index < -0.39 is 11.6 Å². The van der Waals surface area contributed by atoms with Crippen LogP contribution in [0.1, 0.15) is 5.56 Å². The van der Waals surface area contributed by atoms with Gasteiger partial charge in [0.15, 0.2) is 0 Å². The SMILES string of the molecule is Cc1c(F)cc(OCCN2CCOCC2)cc1F. The smallest absolute Gasteiger partial charge is 0.132 e. The van der Waals surface area contributed by atoms with Crippen LogP contribution in [0.2, 0.25) is 0 Å². The van der Waals surface area contributed by atoms with Crippen molar-refractivity contribution >= 4 is 0 Å². The van der Waals surface area contributed by atoms with Gasteiger partial charge in [0, 0.05) is 37.3 Å². The molecule has 1 heterocycles. The fraction of sp³-hybridized carbons (Fsp3) is 0.538. The highest BCUT2D eigenvalue weighted by Crippen LogP contribution is 2.19. The highest BCUT2D eigenvalue weighted by Gasteiger charge is 2.11. The molecule has 5 heteroatoms. The predicted molar refractivity (Wildman–Crippen MR) is 63.8 cm³/mol. The van der Waals surface area contributed by atoms with Crippen molar-refractivity contribution in [2.45, 2.75) is 6.92 Å². The molecule has 0 radical (unpaired) electrons. The quantitative estimate of drug-likeness (QED) is 0.823. The summed E-state index contributed by atoms with van der Waals surface area (Å²) in [5.74, 6) is -0.906. The molecule has 0 bridgehead atoms. The molecule has 1 aromatic carbocycles. The van der Waals surface area contributed by atoms with Gasteiger partial charge >= 0.3 is 0 Å². The Hall–Kier alpha value is -1.20. The van der Waals surface area contributed by atoms with E-state index in [1.807, 2.05) is 0 Å². The predicted octanol–water partition coefficient (Wildman–Crippen LogP) is 1.98. The maximum Gasteiger partial charge on any atom is 0.132 e. The highest BCUT2D eigenvalue weighted by atomic mass is 19.1. The maximum absolute atomic E-state index is 13.3. The summed E-state index contributed by atoms with van der Waals surface area (Å²) < 4.78 is 37.1. The minimum atomic E-state index is -0.573. The van der Waals surface area contributed by atoms with Crippen LogP contribution in [-0.4, -0.2) is 44.4 Å². The van der Waals surface area contributed by atoms with Gasteiger partial charge in [0.2, 0.25) is 0 Å². The van der Waals surface area contributed by atoms with E-state index in [4.69, 9.17) is 9.47 Å². The van der Waals surface area contributed by atoms with E-state index in [0.717, 1.165) is 32.8 Å². The molecule has 1 saturated heterocycles. The lowest BCUT2D eigenvalue weighted by atomic mass is 10.2. The first-order valence-corrected chi connectivity index (χ1v) is 6.05. The first-order valence-electron chi connectivity index (χ1n) is 6.05. The maximum atomic E-state index is 13.3. The summed E-state index contributed by atoms with van der Waals surface area (Å²) in [5, 5.41) is 0. The second kappa shape index (κ2) is 6.11. The van der Waals surface area contributed by atoms with E-state index in [0.29, 0.717) is 6.61 Å². The van der Waals surface area contributed by atoms with Crippen LogP contribution in [0.3, 0.4) is 0 Å². The van der Waals surface area contributed by atoms with Crippen LogP contribution in [0, 0.1) is 18.6 Å². The Bertz CT molecular complexity index is 383. The highest BCUT2D eigenvalue weighted by molar-refractivity contribution is 5.29. The summed E-state index contributed by atoms with van der Waals surface area (Å²) in [6.45, 7) is 5.77. The first kappa shape index (κ1) is 13.2. The Morgan fingerprint density at radius 2 is 1.83 bits per heavy atom. The number of benzene rings is 1. The van der Waals surface area contributed by atoms with E-state index in [9.17, 15) is 8.78 Å². The van der Waals surface area contributed by atoms with Crippen LogP contribution in [0.15, 0.2) is 12.1 Å². The fourth-order valence-corrected chi connectivity index (χ4v) is 1.82. The third-order valence-corrected chi connectivity index (χ3v) is 3.03. The third kappa shape index (κ3) is 3.40. The third-order valence-electron chi connectivity index (χ3n) is 3.03. The molecule has 0 atom stereocenters. The van der Waals surface area contributed by atoms with Crippen molar-refractivity contribution in [3.63, 3.8) is 0 Å². The van der Waals surface area contributed by atoms with E-state index in [-0.39, 0.29) is 11.3 Å². The molecule has 0 spiro atoms. The molecular formula is C13H17F2NO2. The number of morpholine rings is 1. The molecule has 0 aliphatic carbocycles. The van der Waals surface area contributed by atoms with Gasteiger partial charge in [-0.2, -0.15) is 0 Å². The lowest BCUT2D eigenvalue weighted by Gasteiger charge is -2.26. The first-order chi connectivity index (χ1) is 8.66. The molecule has 1 aromatic rings. The summed E-state index contributed by atoms with van der Waals surface area (Å²) in [4.78, 5) is 2.20. The van der Waals surface area contributed by atoms with Crippen LogP contribution in [0.5, 0.6) is 5.75 Å². The average molecular weight is 257 g/mol. The molecule has 1 aliphatic heterocycles. The summed E-state index contributed by atoms with van der Waals surface area (Å²) in [7, 11) is 0. The molecule has 1 aliphatic rings. The van der Waals surface area contributed by atoms with Gasteiger partial charge in [-0.25, -0.2) is 8.78 Å². The number of rotatable bonds is 4. The second-order valence-corrected chi connectivity index (χ2v) is 4.31. The normalized spacial score (nSPS) is 16.8. The summed E-state index contributed by atoms with van der Waals surface area (Å²) in [6, 6.07) is 2.44. The molecule has 1 fully saturated rings. The number of hydrogen-bond acceptors (Lipinski definition) is 3. The molecule has 0 unspecified atom stereocenters. The Morgan fingerprint density at radius 1 is 1.22 bits per heavy atom. The van der Waals surface area contributed by atoms with Gasteiger partial charge in [-0.15, -0.1) is 0 Å². The zero-order valence-electron chi connectivity index (χ0n) is 10.4. The molecule has 18 heavy (non-hydrogen) atoms. The molecule has 100 valence electrons. The van der Waals surface area contributed by atoms with Crippen molar-refractivity contribution in [1.82, 2.24) is 4.90 Å². The standard InChI is InChI=1S/C13H17F2NO2/c1-10-12(14)8-11(9-13(10)15)18-7-4-16-2-5-17-6-3-16/h8-9H,2-7H2,1H3. The molecule has 0 saturated carbocycles. The van der Waals surface area contributed by atoms with Crippen molar-refractivity contribution in [3.8, 4) is 5.75 Å². The monoisotopic (exact) mass is 257 g/mol. The van der Waals surface area contributed by atoms with Crippen molar-refractivity contribution in [1.29, 1.82) is 0 Å². The lowest BCUT2D eigenvalue weighted by Crippen LogP contribution is -2.38. The summed E-state index contributed by atoms with van der Waals surface area (Å²) in [5.41, 5.74) is 0.0236. The van der Waals surface area contributed by atoms with Crippen molar-refractivity contribution in [2.24, 2.45) is 0 Å². The Morgan fingerprint density at radius 3 is 2.44 bits per heavy atom. The van der Waals surface area contributed by atoms with E-state index >= 15 is 0 Å². The molecule has 2 rings (SSSR count). The zero-order chi connectivity index (χ0) is 13.0. The van der Waals surface area contributed by atoms with Gasteiger partial charge in [0.05, 0.1) is 13.2 Å². The van der Waals surface area contributed by atoms with E-state index in [2.05, 4.69) is 4.90 Å². The van der Waals surface area contributed by atoms with E-state index in [1.54, 1.807) is 0 Å². The largest absolute Gasteiger partial charge is 0.492 e.